The highest BCUT2D eigenvalue weighted by Gasteiger charge is 2.27. The Morgan fingerprint density at radius 2 is 1.05 bits per heavy atom. The van der Waals surface area contributed by atoms with Gasteiger partial charge in [-0.1, -0.05) is 14.9 Å². The molecule has 1 aliphatic rings. The van der Waals surface area contributed by atoms with E-state index in [-0.39, 0.29) is 14.9 Å². The zero-order valence-corrected chi connectivity index (χ0v) is 35.3. The lowest BCUT2D eigenvalue weighted by Gasteiger charge is -2.24. The fraction of sp³-hybridized carbons (Fsp3) is 0.192. The lowest BCUT2D eigenvalue weighted by atomic mass is 10.0. The van der Waals surface area contributed by atoms with Crippen LogP contribution in [0.2, 0.25) is 0 Å². The Morgan fingerprint density at radius 1 is 0.578 bits per heavy atom. The fourth-order valence-corrected chi connectivity index (χ4v) is 7.86. The van der Waals surface area contributed by atoms with Crippen LogP contribution in [-0.2, 0) is 6.42 Å². The first kappa shape index (κ1) is 46.5. The predicted octanol–water partition coefficient (Wildman–Crippen LogP) is 12.0. The number of nitriles is 4. The molecule has 0 amide bonds. The van der Waals surface area contributed by atoms with Crippen molar-refractivity contribution in [2.45, 2.75) is 62.8 Å². The number of fused-ring (bicyclic) bond motifs is 2. The minimum atomic E-state index is 0. The zero-order valence-electron chi connectivity index (χ0n) is 35.3. The van der Waals surface area contributed by atoms with Crippen LogP contribution in [0.4, 0.5) is 34.8 Å². The van der Waals surface area contributed by atoms with Crippen LogP contribution in [0.25, 0.3) is 28.9 Å². The normalized spacial score (nSPS) is 11.3. The first-order valence-electron chi connectivity index (χ1n) is 19.9. The summed E-state index contributed by atoms with van der Waals surface area (Å²) in [5.41, 5.74) is 15.4. The molecule has 0 fully saturated rings. The Kier molecular flexibility index (Phi) is 14.8. The molecule has 8 rings (SSSR count). The topological polar surface area (TPSA) is 179 Å². The van der Waals surface area contributed by atoms with Crippen molar-refractivity contribution in [3.63, 3.8) is 0 Å². The summed E-state index contributed by atoms with van der Waals surface area (Å²) >= 11 is 0. The van der Waals surface area contributed by atoms with Crippen LogP contribution in [0.15, 0.2) is 97.2 Å². The summed E-state index contributed by atoms with van der Waals surface area (Å²) in [6, 6.07) is 33.1. The number of nitrogens with zero attached hydrogens (tertiary/aromatic N) is 10. The summed E-state index contributed by atoms with van der Waals surface area (Å²) in [7, 11) is 0. The van der Waals surface area contributed by atoms with Crippen molar-refractivity contribution in [1.82, 2.24) is 24.5 Å². The standard InChI is InChI=1S/C25H22N6.C25H20N6.2CH4/c2*1-16-13-20(5-4-11-26)14-17(2)23(16)31-12-10-22-18(3)28-25(30-24(22)31)29-21-8-6-19(15-27)7-9-21;;/h4-9,13-14H,10,12H2,1-3H3,(H,28,29,30);4-10,12-14H,1-3H3,(H,28,29,30);2*1H4/b2*5-4+;;. The van der Waals surface area contributed by atoms with Gasteiger partial charge in [0.1, 0.15) is 11.5 Å². The molecule has 12 heteroatoms. The number of hydrogen-bond acceptors (Lipinski definition) is 11. The molecule has 0 atom stereocenters. The van der Waals surface area contributed by atoms with Crippen molar-refractivity contribution >= 4 is 58.0 Å². The SMILES string of the molecule is C.C.Cc1cc(/C=C/C#N)cc(C)c1-n1ccc2c(C)nc(Nc3ccc(C#N)cc3)nc21.Cc1cc(/C=C/C#N)cc(C)c1N1CCc2c(C)nc(Nc3ccc(C#N)cc3)nc21. The van der Waals surface area contributed by atoms with Gasteiger partial charge in [-0.2, -0.15) is 31.0 Å². The van der Waals surface area contributed by atoms with Gasteiger partial charge in [0.05, 0.1) is 46.8 Å². The average molecular weight is 843 g/mol. The molecule has 3 aromatic heterocycles. The zero-order chi connectivity index (χ0) is 43.9. The van der Waals surface area contributed by atoms with Gasteiger partial charge in [-0.3, -0.25) is 0 Å². The number of benzene rings is 4. The Bertz CT molecular complexity index is 3030. The number of allylic oxidation sites excluding steroid dienone is 2. The molecular weight excluding hydrogens is 793 g/mol. The van der Waals surface area contributed by atoms with Gasteiger partial charge in [0.15, 0.2) is 0 Å². The maximum Gasteiger partial charge on any atom is 0.229 e. The van der Waals surface area contributed by atoms with Crippen LogP contribution in [0, 0.1) is 86.9 Å². The number of anilines is 6. The van der Waals surface area contributed by atoms with Gasteiger partial charge in [0.2, 0.25) is 11.9 Å². The van der Waals surface area contributed by atoms with Crippen LogP contribution < -0.4 is 15.5 Å². The highest BCUT2D eigenvalue weighted by molar-refractivity contribution is 5.83. The lowest BCUT2D eigenvalue weighted by Crippen LogP contribution is -2.17. The Morgan fingerprint density at radius 3 is 1.53 bits per heavy atom. The van der Waals surface area contributed by atoms with Gasteiger partial charge in [0, 0.05) is 58.6 Å². The summed E-state index contributed by atoms with van der Waals surface area (Å²) < 4.78 is 2.08. The molecule has 0 radical (unpaired) electrons. The van der Waals surface area contributed by atoms with Crippen molar-refractivity contribution in [3.8, 4) is 30.0 Å². The van der Waals surface area contributed by atoms with E-state index in [1.165, 1.54) is 12.2 Å². The quantitative estimate of drug-likeness (QED) is 0.139. The van der Waals surface area contributed by atoms with Gasteiger partial charge in [-0.05, 0) is 172 Å². The van der Waals surface area contributed by atoms with E-state index in [0.717, 1.165) is 103 Å². The van der Waals surface area contributed by atoms with Crippen molar-refractivity contribution in [2.24, 2.45) is 0 Å². The minimum absolute atomic E-state index is 0. The third-order valence-corrected chi connectivity index (χ3v) is 10.5. The van der Waals surface area contributed by atoms with Crippen LogP contribution in [0.3, 0.4) is 0 Å². The van der Waals surface area contributed by atoms with Crippen molar-refractivity contribution in [3.05, 3.63) is 159 Å². The summed E-state index contributed by atoms with van der Waals surface area (Å²) in [5, 5.41) is 43.0. The molecule has 0 bridgehead atoms. The molecule has 12 nitrogen and oxygen atoms in total. The molecule has 4 aromatic carbocycles. The summed E-state index contributed by atoms with van der Waals surface area (Å²) in [6.07, 6.45) is 9.52. The first-order chi connectivity index (χ1) is 30.0. The van der Waals surface area contributed by atoms with E-state index in [2.05, 4.69) is 94.2 Å². The molecule has 4 heterocycles. The third-order valence-electron chi connectivity index (χ3n) is 10.5. The second-order valence-corrected chi connectivity index (χ2v) is 15.0. The fourth-order valence-electron chi connectivity index (χ4n) is 7.86. The average Bonchev–Trinajstić information content (AvgIpc) is 3.88. The van der Waals surface area contributed by atoms with Crippen LogP contribution in [0.5, 0.6) is 0 Å². The van der Waals surface area contributed by atoms with E-state index in [1.807, 2.05) is 74.7 Å². The van der Waals surface area contributed by atoms with Crippen LogP contribution in [-0.4, -0.2) is 31.0 Å². The van der Waals surface area contributed by atoms with Crippen molar-refractivity contribution in [1.29, 1.82) is 21.0 Å². The Balaban J connectivity index is 0.000000234. The minimum Gasteiger partial charge on any atom is -0.325 e. The molecule has 2 N–H and O–H groups in total. The molecule has 0 saturated heterocycles. The highest BCUT2D eigenvalue weighted by atomic mass is 15.3. The molecule has 0 aliphatic carbocycles. The van der Waals surface area contributed by atoms with Gasteiger partial charge >= 0.3 is 0 Å². The lowest BCUT2D eigenvalue weighted by molar-refractivity contribution is 0.975. The number of aryl methyl sites for hydroxylation is 6. The highest BCUT2D eigenvalue weighted by Crippen LogP contribution is 2.39. The number of rotatable bonds is 8. The second-order valence-electron chi connectivity index (χ2n) is 15.0. The van der Waals surface area contributed by atoms with Crippen LogP contribution in [0.1, 0.15) is 76.3 Å². The third kappa shape index (κ3) is 9.96. The predicted molar refractivity (Wildman–Crippen MR) is 258 cm³/mol. The van der Waals surface area contributed by atoms with E-state index >= 15 is 0 Å². The molecule has 318 valence electrons. The molecule has 64 heavy (non-hydrogen) atoms. The monoisotopic (exact) mass is 842 g/mol. The van der Waals surface area contributed by atoms with Gasteiger partial charge in [-0.15, -0.1) is 0 Å². The maximum absolute atomic E-state index is 8.98. The molecule has 1 aliphatic heterocycles. The number of nitrogens with one attached hydrogen (secondary N) is 2. The molecular formula is C52H50N12. The second kappa shape index (κ2) is 20.3. The number of aromatic nitrogens is 5. The largest absolute Gasteiger partial charge is 0.325 e. The van der Waals surface area contributed by atoms with E-state index in [0.29, 0.717) is 23.0 Å². The van der Waals surface area contributed by atoms with E-state index in [9.17, 15) is 0 Å². The van der Waals surface area contributed by atoms with E-state index in [1.54, 1.807) is 24.3 Å². The molecule has 0 saturated carbocycles. The van der Waals surface area contributed by atoms with Crippen molar-refractivity contribution < 1.29 is 0 Å². The summed E-state index contributed by atoms with van der Waals surface area (Å²) in [5.74, 6) is 1.96. The van der Waals surface area contributed by atoms with Gasteiger partial charge < -0.3 is 20.1 Å². The summed E-state index contributed by atoms with van der Waals surface area (Å²) in [4.78, 5) is 21.1. The molecule has 0 spiro atoms. The molecule has 7 aromatic rings. The summed E-state index contributed by atoms with van der Waals surface area (Å²) in [6.45, 7) is 13.1. The van der Waals surface area contributed by atoms with E-state index in [4.69, 9.17) is 31.0 Å². The Labute approximate surface area is 375 Å². The first-order valence-corrected chi connectivity index (χ1v) is 19.9. The maximum atomic E-state index is 8.98. The van der Waals surface area contributed by atoms with Crippen molar-refractivity contribution in [2.75, 3.05) is 22.1 Å². The Hall–Kier alpha value is -8.58. The van der Waals surface area contributed by atoms with E-state index < -0.39 is 0 Å². The van der Waals surface area contributed by atoms with Gasteiger partial charge in [-0.25, -0.2) is 9.97 Å². The molecule has 0 unspecified atom stereocenters. The van der Waals surface area contributed by atoms with Crippen LogP contribution >= 0.6 is 0 Å². The smallest absolute Gasteiger partial charge is 0.229 e. The number of hydrogen-bond donors (Lipinski definition) is 2. The van der Waals surface area contributed by atoms with Gasteiger partial charge in [0.25, 0.3) is 0 Å².